The Hall–Kier alpha value is -1.41. The van der Waals surface area contributed by atoms with Gasteiger partial charge in [0.05, 0.1) is 18.6 Å². The zero-order valence-corrected chi connectivity index (χ0v) is 8.36. The Morgan fingerprint density at radius 2 is 2.43 bits per heavy atom. The molecule has 0 fully saturated rings. The molecule has 0 aliphatic carbocycles. The van der Waals surface area contributed by atoms with E-state index in [1.807, 2.05) is 6.92 Å². The molecule has 0 saturated carbocycles. The van der Waals surface area contributed by atoms with Crippen molar-refractivity contribution in [3.05, 3.63) is 11.7 Å². The first-order chi connectivity index (χ1) is 6.76. The van der Waals surface area contributed by atoms with Crippen LogP contribution in [0.25, 0.3) is 0 Å². The second-order valence-electron chi connectivity index (χ2n) is 3.08. The van der Waals surface area contributed by atoms with Crippen molar-refractivity contribution in [3.8, 4) is 6.07 Å². The highest BCUT2D eigenvalue weighted by Gasteiger charge is 2.09. The molecule has 1 unspecified atom stereocenters. The van der Waals surface area contributed by atoms with Crippen molar-refractivity contribution in [3.63, 3.8) is 0 Å². The molecule has 5 nitrogen and oxygen atoms in total. The number of hydrogen-bond donors (Lipinski definition) is 0. The molecule has 1 rings (SSSR count). The van der Waals surface area contributed by atoms with Gasteiger partial charge in [0.25, 0.3) is 0 Å². The van der Waals surface area contributed by atoms with Crippen LogP contribution >= 0.6 is 0 Å². The van der Waals surface area contributed by atoms with E-state index < -0.39 is 0 Å². The first kappa shape index (κ1) is 10.7. The lowest BCUT2D eigenvalue weighted by molar-refractivity contribution is 0.199. The minimum absolute atomic E-state index is 0.0919. The van der Waals surface area contributed by atoms with Crippen LogP contribution in [0, 0.1) is 17.2 Å². The maximum atomic E-state index is 8.58. The SMILES string of the molecule is COCCc1noc(CC(C)C#N)n1. The molecule has 1 aromatic heterocycles. The summed E-state index contributed by atoms with van der Waals surface area (Å²) in [6.07, 6.45) is 1.15. The Bertz CT molecular complexity index is 316. The van der Waals surface area contributed by atoms with Crippen molar-refractivity contribution < 1.29 is 9.26 Å². The van der Waals surface area contributed by atoms with Crippen LogP contribution in [0.1, 0.15) is 18.6 Å². The third kappa shape index (κ3) is 3.15. The van der Waals surface area contributed by atoms with E-state index in [-0.39, 0.29) is 5.92 Å². The number of rotatable bonds is 5. The van der Waals surface area contributed by atoms with Crippen molar-refractivity contribution in [2.45, 2.75) is 19.8 Å². The van der Waals surface area contributed by atoms with Crippen LogP contribution in [-0.4, -0.2) is 23.9 Å². The van der Waals surface area contributed by atoms with Crippen LogP contribution in [0.4, 0.5) is 0 Å². The molecule has 0 aliphatic rings. The maximum absolute atomic E-state index is 8.58. The van der Waals surface area contributed by atoms with E-state index in [1.165, 1.54) is 0 Å². The Morgan fingerprint density at radius 3 is 3.07 bits per heavy atom. The number of nitriles is 1. The van der Waals surface area contributed by atoms with Crippen LogP contribution in [0.5, 0.6) is 0 Å². The highest BCUT2D eigenvalue weighted by atomic mass is 16.5. The molecule has 5 heteroatoms. The monoisotopic (exact) mass is 195 g/mol. The van der Waals surface area contributed by atoms with Gasteiger partial charge < -0.3 is 9.26 Å². The normalized spacial score (nSPS) is 12.4. The first-order valence-corrected chi connectivity index (χ1v) is 4.46. The van der Waals surface area contributed by atoms with Crippen molar-refractivity contribution in [1.82, 2.24) is 10.1 Å². The molecule has 0 N–H and O–H groups in total. The molecule has 0 aromatic carbocycles. The van der Waals surface area contributed by atoms with Gasteiger partial charge in [-0.2, -0.15) is 10.2 Å². The van der Waals surface area contributed by atoms with Crippen LogP contribution in [-0.2, 0) is 17.6 Å². The molecule has 0 amide bonds. The predicted molar refractivity (Wildman–Crippen MR) is 48.4 cm³/mol. The lowest BCUT2D eigenvalue weighted by atomic mass is 10.1. The third-order valence-corrected chi connectivity index (χ3v) is 1.74. The van der Waals surface area contributed by atoms with E-state index >= 15 is 0 Å². The second kappa shape index (κ2) is 5.35. The van der Waals surface area contributed by atoms with E-state index in [0.717, 1.165) is 0 Å². The van der Waals surface area contributed by atoms with Crippen molar-refractivity contribution in [2.75, 3.05) is 13.7 Å². The van der Waals surface area contributed by atoms with Gasteiger partial charge in [-0.3, -0.25) is 0 Å². The zero-order chi connectivity index (χ0) is 10.4. The van der Waals surface area contributed by atoms with Crippen LogP contribution in [0.2, 0.25) is 0 Å². The van der Waals surface area contributed by atoms with Gasteiger partial charge in [0, 0.05) is 20.0 Å². The molecule has 0 radical (unpaired) electrons. The fourth-order valence-corrected chi connectivity index (χ4v) is 0.976. The number of aromatic nitrogens is 2. The summed E-state index contributed by atoms with van der Waals surface area (Å²) in [4.78, 5) is 4.13. The molecule has 0 spiro atoms. The Balaban J connectivity index is 2.47. The number of ether oxygens (including phenoxy) is 1. The zero-order valence-electron chi connectivity index (χ0n) is 8.36. The number of hydrogen-bond acceptors (Lipinski definition) is 5. The van der Waals surface area contributed by atoms with E-state index in [9.17, 15) is 0 Å². The summed E-state index contributed by atoms with van der Waals surface area (Å²) in [6, 6.07) is 2.11. The van der Waals surface area contributed by atoms with Crippen molar-refractivity contribution in [2.24, 2.45) is 5.92 Å². The largest absolute Gasteiger partial charge is 0.384 e. The van der Waals surface area contributed by atoms with Gasteiger partial charge >= 0.3 is 0 Å². The molecule has 0 bridgehead atoms. The summed E-state index contributed by atoms with van der Waals surface area (Å²) < 4.78 is 9.85. The molecular formula is C9H13N3O2. The highest BCUT2D eigenvalue weighted by molar-refractivity contribution is 4.92. The Labute approximate surface area is 82.7 Å². The van der Waals surface area contributed by atoms with Crippen LogP contribution < -0.4 is 0 Å². The molecule has 0 saturated heterocycles. The smallest absolute Gasteiger partial charge is 0.227 e. The Morgan fingerprint density at radius 1 is 1.64 bits per heavy atom. The lowest BCUT2D eigenvalue weighted by Gasteiger charge is -1.93. The number of nitrogens with zero attached hydrogens (tertiary/aromatic N) is 3. The fraction of sp³-hybridized carbons (Fsp3) is 0.667. The van der Waals surface area contributed by atoms with Crippen molar-refractivity contribution in [1.29, 1.82) is 5.26 Å². The topological polar surface area (TPSA) is 71.9 Å². The third-order valence-electron chi connectivity index (χ3n) is 1.74. The molecular weight excluding hydrogens is 182 g/mol. The minimum Gasteiger partial charge on any atom is -0.384 e. The predicted octanol–water partition coefficient (Wildman–Crippen LogP) is 0.961. The summed E-state index contributed by atoms with van der Waals surface area (Å²) >= 11 is 0. The summed E-state index contributed by atoms with van der Waals surface area (Å²) in [5.41, 5.74) is 0. The quantitative estimate of drug-likeness (QED) is 0.699. The molecule has 1 aromatic rings. The standard InChI is InChI=1S/C9H13N3O2/c1-7(6-10)5-9-11-8(12-14-9)3-4-13-2/h7H,3-5H2,1-2H3. The summed E-state index contributed by atoms with van der Waals surface area (Å²) in [5.74, 6) is 1.06. The molecule has 1 atom stereocenters. The first-order valence-electron chi connectivity index (χ1n) is 4.46. The average Bonchev–Trinajstić information content (AvgIpc) is 2.62. The summed E-state index contributed by atoms with van der Waals surface area (Å²) in [6.45, 7) is 2.39. The second-order valence-corrected chi connectivity index (χ2v) is 3.08. The van der Waals surface area contributed by atoms with Crippen molar-refractivity contribution >= 4 is 0 Å². The van der Waals surface area contributed by atoms with E-state index in [2.05, 4.69) is 16.2 Å². The molecule has 76 valence electrons. The summed E-state index contributed by atoms with van der Waals surface area (Å²) in [5, 5.41) is 12.4. The maximum Gasteiger partial charge on any atom is 0.227 e. The van der Waals surface area contributed by atoms with Gasteiger partial charge in [-0.05, 0) is 6.92 Å². The molecule has 1 heterocycles. The van der Waals surface area contributed by atoms with Crippen LogP contribution in [0.3, 0.4) is 0 Å². The van der Waals surface area contributed by atoms with Gasteiger partial charge in [-0.15, -0.1) is 0 Å². The lowest BCUT2D eigenvalue weighted by Crippen LogP contribution is -1.98. The fourth-order valence-electron chi connectivity index (χ4n) is 0.976. The van der Waals surface area contributed by atoms with Gasteiger partial charge in [0.2, 0.25) is 5.89 Å². The van der Waals surface area contributed by atoms with Gasteiger partial charge in [0.1, 0.15) is 0 Å². The molecule has 14 heavy (non-hydrogen) atoms. The minimum atomic E-state index is -0.0919. The van der Waals surface area contributed by atoms with Crippen LogP contribution in [0.15, 0.2) is 4.52 Å². The Kier molecular flexibility index (Phi) is 4.08. The van der Waals surface area contributed by atoms with E-state index in [4.69, 9.17) is 14.5 Å². The van der Waals surface area contributed by atoms with E-state index in [0.29, 0.717) is 31.2 Å². The van der Waals surface area contributed by atoms with Gasteiger partial charge in [-0.1, -0.05) is 5.16 Å². The van der Waals surface area contributed by atoms with E-state index in [1.54, 1.807) is 7.11 Å². The van der Waals surface area contributed by atoms with Gasteiger partial charge in [0.15, 0.2) is 5.82 Å². The molecule has 0 aliphatic heterocycles. The average molecular weight is 195 g/mol. The number of methoxy groups -OCH3 is 1. The highest BCUT2D eigenvalue weighted by Crippen LogP contribution is 2.05. The van der Waals surface area contributed by atoms with Gasteiger partial charge in [-0.25, -0.2) is 0 Å². The summed E-state index contributed by atoms with van der Waals surface area (Å²) in [7, 11) is 1.62.